The second-order valence-corrected chi connectivity index (χ2v) is 8.59. The Hall–Kier alpha value is -3.68. The fourth-order valence-electron chi connectivity index (χ4n) is 3.68. The fourth-order valence-corrected chi connectivity index (χ4v) is 3.68. The van der Waals surface area contributed by atoms with Crippen molar-refractivity contribution in [2.45, 2.75) is 65.7 Å². The van der Waals surface area contributed by atoms with Gasteiger partial charge >= 0.3 is 5.69 Å². The topological polar surface area (TPSA) is 102 Å². The van der Waals surface area contributed by atoms with Crippen LogP contribution in [0.1, 0.15) is 44.2 Å². The molecule has 34 heavy (non-hydrogen) atoms. The molecule has 8 heteroatoms. The van der Waals surface area contributed by atoms with Crippen molar-refractivity contribution in [3.8, 4) is 0 Å². The average Bonchev–Trinajstić information content (AvgIpc) is 2.83. The maximum Gasteiger partial charge on any atom is 0.331 e. The van der Waals surface area contributed by atoms with Crippen LogP contribution in [0, 0.1) is 6.92 Å². The van der Waals surface area contributed by atoms with Gasteiger partial charge in [-0.25, -0.2) is 4.79 Å². The Bertz CT molecular complexity index is 1270. The van der Waals surface area contributed by atoms with Crippen LogP contribution in [0.25, 0.3) is 10.9 Å². The van der Waals surface area contributed by atoms with Gasteiger partial charge < -0.3 is 10.6 Å². The third-order valence-corrected chi connectivity index (χ3v) is 5.85. The molecule has 3 rings (SSSR count). The number of hydrogen-bond acceptors (Lipinski definition) is 4. The molecule has 0 radical (unpaired) electrons. The van der Waals surface area contributed by atoms with Gasteiger partial charge in [-0.3, -0.25) is 23.5 Å². The normalized spacial score (nSPS) is 11.9. The molecule has 0 aliphatic rings. The number of carbonyl (C=O) groups is 2. The van der Waals surface area contributed by atoms with E-state index in [0.717, 1.165) is 22.1 Å². The maximum absolute atomic E-state index is 13.2. The molecule has 8 nitrogen and oxygen atoms in total. The molecule has 3 aromatic rings. The number of fused-ring (bicyclic) bond motifs is 1. The summed E-state index contributed by atoms with van der Waals surface area (Å²) in [5, 5.41) is 6.08. The Morgan fingerprint density at radius 3 is 2.38 bits per heavy atom. The second-order valence-electron chi connectivity index (χ2n) is 8.59. The highest BCUT2D eigenvalue weighted by molar-refractivity contribution is 5.81. The number of amides is 2. The van der Waals surface area contributed by atoms with Gasteiger partial charge in [0.25, 0.3) is 5.56 Å². The predicted molar refractivity (Wildman–Crippen MR) is 133 cm³/mol. The van der Waals surface area contributed by atoms with Crippen molar-refractivity contribution in [2.24, 2.45) is 0 Å². The van der Waals surface area contributed by atoms with Gasteiger partial charge in [0.15, 0.2) is 0 Å². The molecule has 0 unspecified atom stereocenters. The smallest absolute Gasteiger partial charge is 0.331 e. The molecule has 180 valence electrons. The van der Waals surface area contributed by atoms with E-state index >= 15 is 0 Å². The van der Waals surface area contributed by atoms with Gasteiger partial charge in [0, 0.05) is 25.6 Å². The van der Waals surface area contributed by atoms with Crippen LogP contribution in [0.4, 0.5) is 0 Å². The second kappa shape index (κ2) is 11.4. The number of hydrogen-bond donors (Lipinski definition) is 2. The molecule has 0 spiro atoms. The van der Waals surface area contributed by atoms with Gasteiger partial charge in [-0.2, -0.15) is 0 Å². The zero-order valence-electron chi connectivity index (χ0n) is 20.0. The summed E-state index contributed by atoms with van der Waals surface area (Å²) in [6.45, 7) is 6.19. The zero-order valence-corrected chi connectivity index (χ0v) is 20.0. The van der Waals surface area contributed by atoms with E-state index in [1.165, 1.54) is 4.57 Å². The highest BCUT2D eigenvalue weighted by Crippen LogP contribution is 2.08. The van der Waals surface area contributed by atoms with Crippen LogP contribution in [-0.2, 0) is 29.2 Å². The first-order valence-electron chi connectivity index (χ1n) is 11.6. The molecule has 1 heterocycles. The number of para-hydroxylation sites is 1. The monoisotopic (exact) mass is 464 g/mol. The van der Waals surface area contributed by atoms with E-state index in [9.17, 15) is 19.2 Å². The minimum absolute atomic E-state index is 0.0150. The van der Waals surface area contributed by atoms with Crippen molar-refractivity contribution in [3.63, 3.8) is 0 Å². The molecule has 0 saturated heterocycles. The molecular weight excluding hydrogens is 432 g/mol. The number of carbonyl (C=O) groups excluding carboxylic acids is 2. The summed E-state index contributed by atoms with van der Waals surface area (Å²) in [7, 11) is 0. The molecule has 0 aliphatic carbocycles. The van der Waals surface area contributed by atoms with E-state index in [-0.39, 0.29) is 37.4 Å². The lowest BCUT2D eigenvalue weighted by atomic mass is 10.1. The number of nitrogens with zero attached hydrogens (tertiary/aromatic N) is 2. The van der Waals surface area contributed by atoms with Crippen LogP contribution in [-0.4, -0.2) is 27.0 Å². The third-order valence-electron chi connectivity index (χ3n) is 5.85. The van der Waals surface area contributed by atoms with Gasteiger partial charge in [-0.15, -0.1) is 0 Å². The number of aromatic nitrogens is 2. The highest BCUT2D eigenvalue weighted by atomic mass is 16.2. The Morgan fingerprint density at radius 2 is 1.68 bits per heavy atom. The van der Waals surface area contributed by atoms with Crippen molar-refractivity contribution in [1.29, 1.82) is 0 Å². The van der Waals surface area contributed by atoms with E-state index in [1.54, 1.807) is 24.3 Å². The summed E-state index contributed by atoms with van der Waals surface area (Å²) in [4.78, 5) is 50.9. The maximum atomic E-state index is 13.2. The van der Waals surface area contributed by atoms with Crippen molar-refractivity contribution in [3.05, 3.63) is 80.5 Å². The summed E-state index contributed by atoms with van der Waals surface area (Å²) in [5.41, 5.74) is 1.60. The lowest BCUT2D eigenvalue weighted by Gasteiger charge is -2.16. The first-order chi connectivity index (χ1) is 16.3. The van der Waals surface area contributed by atoms with E-state index in [1.807, 2.05) is 45.0 Å². The first-order valence-corrected chi connectivity index (χ1v) is 11.6. The van der Waals surface area contributed by atoms with Gasteiger partial charge in [-0.1, -0.05) is 48.9 Å². The summed E-state index contributed by atoms with van der Waals surface area (Å²) in [6, 6.07) is 14.6. The zero-order chi connectivity index (χ0) is 24.7. The summed E-state index contributed by atoms with van der Waals surface area (Å²) < 4.78 is 2.44. The van der Waals surface area contributed by atoms with Gasteiger partial charge in [0.05, 0.1) is 10.9 Å². The van der Waals surface area contributed by atoms with Crippen LogP contribution in [0.3, 0.4) is 0 Å². The Balaban J connectivity index is 1.72. The lowest BCUT2D eigenvalue weighted by molar-refractivity contribution is -0.122. The summed E-state index contributed by atoms with van der Waals surface area (Å²) >= 11 is 0. The van der Waals surface area contributed by atoms with E-state index in [4.69, 9.17) is 0 Å². The average molecular weight is 465 g/mol. The summed E-state index contributed by atoms with van der Waals surface area (Å²) in [6.07, 6.45) is 1.28. The molecule has 0 aliphatic heterocycles. The minimum Gasteiger partial charge on any atom is -0.352 e. The van der Waals surface area contributed by atoms with E-state index in [0.29, 0.717) is 23.9 Å². The van der Waals surface area contributed by atoms with Crippen LogP contribution in [0.2, 0.25) is 0 Å². The molecule has 2 amide bonds. The number of benzene rings is 2. The van der Waals surface area contributed by atoms with Crippen molar-refractivity contribution in [1.82, 2.24) is 19.8 Å². The number of nitrogens with one attached hydrogen (secondary N) is 2. The van der Waals surface area contributed by atoms with Crippen LogP contribution < -0.4 is 21.9 Å². The standard InChI is InChI=1S/C26H32N4O4/c1-4-19(3)28-24(32)17-30-22-9-6-5-8-21(22)25(33)29(26(30)34)15-7-10-23(31)27-16-20-13-11-18(2)12-14-20/h5-6,8-9,11-14,19H,4,7,10,15-17H2,1-3H3,(H,27,31)(H,28,32)/t19-/m0/s1. The quantitative estimate of drug-likeness (QED) is 0.481. The molecule has 0 fully saturated rings. The van der Waals surface area contributed by atoms with Crippen molar-refractivity contribution in [2.75, 3.05) is 0 Å². The molecule has 1 atom stereocenters. The molecule has 0 saturated carbocycles. The SMILES string of the molecule is CC[C@H](C)NC(=O)Cn1c(=O)n(CCCC(=O)NCc2ccc(C)cc2)c(=O)c2ccccc21. The lowest BCUT2D eigenvalue weighted by Crippen LogP contribution is -2.43. The van der Waals surface area contributed by atoms with Crippen LogP contribution in [0.15, 0.2) is 58.1 Å². The van der Waals surface area contributed by atoms with E-state index in [2.05, 4.69) is 10.6 Å². The largest absolute Gasteiger partial charge is 0.352 e. The Kier molecular flexibility index (Phi) is 8.40. The highest BCUT2D eigenvalue weighted by Gasteiger charge is 2.16. The number of rotatable bonds is 10. The molecule has 2 aromatic carbocycles. The molecular formula is C26H32N4O4. The molecule has 1 aromatic heterocycles. The number of aryl methyl sites for hydroxylation is 1. The minimum atomic E-state index is -0.553. The first kappa shape index (κ1) is 25.0. The van der Waals surface area contributed by atoms with Gasteiger partial charge in [0.2, 0.25) is 11.8 Å². The Morgan fingerprint density at radius 1 is 0.971 bits per heavy atom. The van der Waals surface area contributed by atoms with Gasteiger partial charge in [-0.05, 0) is 44.4 Å². The fraction of sp³-hybridized carbons (Fsp3) is 0.385. The van der Waals surface area contributed by atoms with Crippen molar-refractivity contribution >= 4 is 22.7 Å². The predicted octanol–water partition coefficient (Wildman–Crippen LogP) is 2.48. The third kappa shape index (κ3) is 6.21. The Labute approximate surface area is 198 Å². The van der Waals surface area contributed by atoms with Crippen LogP contribution in [0.5, 0.6) is 0 Å². The molecule has 0 bridgehead atoms. The molecule has 2 N–H and O–H groups in total. The van der Waals surface area contributed by atoms with Gasteiger partial charge in [0.1, 0.15) is 6.54 Å². The van der Waals surface area contributed by atoms with Crippen molar-refractivity contribution < 1.29 is 9.59 Å². The van der Waals surface area contributed by atoms with E-state index < -0.39 is 11.2 Å². The summed E-state index contributed by atoms with van der Waals surface area (Å²) in [5.74, 6) is -0.440. The van der Waals surface area contributed by atoms with Crippen LogP contribution >= 0.6 is 0 Å².